The molecule has 29 heavy (non-hydrogen) atoms. The molecule has 2 heterocycles. The summed E-state index contributed by atoms with van der Waals surface area (Å²) in [7, 11) is -3.73. The first kappa shape index (κ1) is 18.9. The number of fused-ring (bicyclic) bond motifs is 3. The van der Waals surface area contributed by atoms with Crippen LogP contribution in [0.1, 0.15) is 29.7 Å². The molecule has 4 rings (SSSR count). The Kier molecular flexibility index (Phi) is 4.49. The van der Waals surface area contributed by atoms with Crippen LogP contribution in [0.4, 0.5) is 5.82 Å². The fraction of sp³-hybridized carbons (Fsp3) is 0.143. The van der Waals surface area contributed by atoms with Crippen LogP contribution in [0.2, 0.25) is 0 Å². The summed E-state index contributed by atoms with van der Waals surface area (Å²) in [6.07, 6.45) is 0. The minimum absolute atomic E-state index is 0.0747. The highest BCUT2D eigenvalue weighted by Gasteiger charge is 2.17. The summed E-state index contributed by atoms with van der Waals surface area (Å²) in [6, 6.07) is 18.2. The maximum atomic E-state index is 11.5. The lowest BCUT2D eigenvalue weighted by atomic mass is 10.1. The van der Waals surface area contributed by atoms with Crippen molar-refractivity contribution in [2.24, 2.45) is 5.14 Å². The van der Waals surface area contributed by atoms with Crippen LogP contribution in [-0.2, 0) is 10.0 Å². The Labute approximate surface area is 168 Å². The fourth-order valence-electron chi connectivity index (χ4n) is 3.45. The molecule has 3 N–H and O–H groups in total. The summed E-state index contributed by atoms with van der Waals surface area (Å²) in [5.41, 5.74) is 4.58. The van der Waals surface area contributed by atoms with E-state index in [2.05, 4.69) is 16.4 Å². The molecule has 8 heteroatoms. The normalized spacial score (nSPS) is 12.8. The van der Waals surface area contributed by atoms with E-state index in [-0.39, 0.29) is 10.9 Å². The van der Waals surface area contributed by atoms with Crippen molar-refractivity contribution >= 4 is 32.5 Å². The number of nitrogens with one attached hydrogen (secondary N) is 1. The van der Waals surface area contributed by atoms with Gasteiger partial charge in [0.1, 0.15) is 11.9 Å². The van der Waals surface area contributed by atoms with Gasteiger partial charge >= 0.3 is 0 Å². The van der Waals surface area contributed by atoms with Crippen molar-refractivity contribution in [3.63, 3.8) is 0 Å². The first-order valence-corrected chi connectivity index (χ1v) is 10.5. The summed E-state index contributed by atoms with van der Waals surface area (Å²) in [5, 5.41) is 18.2. The number of aromatic nitrogens is 2. The maximum Gasteiger partial charge on any atom is 0.238 e. The Morgan fingerprint density at radius 3 is 2.52 bits per heavy atom. The number of nitrogens with two attached hydrogens (primary N) is 1. The molecular weight excluding hydrogens is 386 g/mol. The van der Waals surface area contributed by atoms with Gasteiger partial charge in [-0.1, -0.05) is 24.3 Å². The number of anilines is 1. The second-order valence-electron chi connectivity index (χ2n) is 6.94. The summed E-state index contributed by atoms with van der Waals surface area (Å²) < 4.78 is 24.9. The molecule has 0 fully saturated rings. The Bertz CT molecular complexity index is 1380. The van der Waals surface area contributed by atoms with Crippen molar-refractivity contribution < 1.29 is 8.42 Å². The van der Waals surface area contributed by atoms with E-state index in [9.17, 15) is 13.7 Å². The van der Waals surface area contributed by atoms with Gasteiger partial charge in [-0.2, -0.15) is 5.26 Å². The molecule has 0 saturated carbocycles. The Morgan fingerprint density at radius 2 is 1.86 bits per heavy atom. The molecule has 0 radical (unpaired) electrons. The average molecular weight is 405 g/mol. The third-order valence-electron chi connectivity index (χ3n) is 4.96. The summed E-state index contributed by atoms with van der Waals surface area (Å²) in [4.78, 5) is 4.72. The number of rotatable bonds is 4. The number of hydrogen-bond donors (Lipinski definition) is 2. The number of primary sulfonamides is 1. The van der Waals surface area contributed by atoms with E-state index in [1.54, 1.807) is 12.1 Å². The molecule has 0 aliphatic rings. The number of benzene rings is 2. The number of imidazole rings is 1. The second-order valence-corrected chi connectivity index (χ2v) is 8.50. The van der Waals surface area contributed by atoms with Crippen molar-refractivity contribution in [1.29, 1.82) is 5.26 Å². The molecule has 1 atom stereocenters. The molecule has 0 aliphatic heterocycles. The van der Waals surface area contributed by atoms with E-state index in [4.69, 9.17) is 5.14 Å². The van der Waals surface area contributed by atoms with Gasteiger partial charge in [-0.05, 0) is 55.3 Å². The van der Waals surface area contributed by atoms with E-state index >= 15 is 0 Å². The van der Waals surface area contributed by atoms with E-state index in [1.807, 2.05) is 48.6 Å². The molecule has 0 amide bonds. The first-order chi connectivity index (χ1) is 13.8. The molecule has 0 unspecified atom stereocenters. The summed E-state index contributed by atoms with van der Waals surface area (Å²) in [5.74, 6) is 0.799. The minimum Gasteiger partial charge on any atom is -0.365 e. The molecule has 0 spiro atoms. The number of hydrogen-bond acceptors (Lipinski definition) is 5. The van der Waals surface area contributed by atoms with Gasteiger partial charge in [0.05, 0.1) is 21.5 Å². The highest BCUT2D eigenvalue weighted by molar-refractivity contribution is 7.89. The largest absolute Gasteiger partial charge is 0.365 e. The van der Waals surface area contributed by atoms with Gasteiger partial charge in [0.15, 0.2) is 5.65 Å². The van der Waals surface area contributed by atoms with Crippen molar-refractivity contribution in [2.45, 2.75) is 24.8 Å². The lowest BCUT2D eigenvalue weighted by Gasteiger charge is -2.19. The standard InChI is InChI=1S/C21H19N5O2S/c1-13-11-20(24-14(2)15-7-9-16(10-8-15)29(23,27)28)26-19-6-4-3-5-18(19)25-21(26)17(13)12-22/h3-11,14,24H,1-2H3,(H2,23,27,28)/t14-/m0/s1. The quantitative estimate of drug-likeness (QED) is 0.539. The van der Waals surface area contributed by atoms with Gasteiger partial charge in [-0.15, -0.1) is 0 Å². The zero-order valence-electron chi connectivity index (χ0n) is 15.9. The number of nitriles is 1. The Hall–Kier alpha value is -3.41. The number of sulfonamides is 1. The van der Waals surface area contributed by atoms with Crippen LogP contribution in [-0.4, -0.2) is 17.8 Å². The SMILES string of the molecule is Cc1cc(N[C@@H](C)c2ccc(S(N)(=O)=O)cc2)n2c(nc3ccccc32)c1C#N. The van der Waals surface area contributed by atoms with Crippen molar-refractivity contribution in [2.75, 3.05) is 5.32 Å². The molecule has 0 saturated heterocycles. The van der Waals surface area contributed by atoms with Gasteiger partial charge in [0, 0.05) is 6.04 Å². The first-order valence-electron chi connectivity index (χ1n) is 9.00. The Balaban J connectivity index is 1.81. The second kappa shape index (κ2) is 6.88. The predicted octanol–water partition coefficient (Wildman–Crippen LogP) is 3.49. The van der Waals surface area contributed by atoms with Gasteiger partial charge in [0.2, 0.25) is 10.0 Å². The smallest absolute Gasteiger partial charge is 0.238 e. The lowest BCUT2D eigenvalue weighted by Crippen LogP contribution is -2.13. The third-order valence-corrected chi connectivity index (χ3v) is 5.89. The number of aryl methyl sites for hydroxylation is 1. The molecular formula is C21H19N5O2S. The fourth-order valence-corrected chi connectivity index (χ4v) is 3.97. The Morgan fingerprint density at radius 1 is 1.17 bits per heavy atom. The molecule has 7 nitrogen and oxygen atoms in total. The van der Waals surface area contributed by atoms with E-state index in [1.165, 1.54) is 12.1 Å². The van der Waals surface area contributed by atoms with Crippen LogP contribution < -0.4 is 10.5 Å². The summed E-state index contributed by atoms with van der Waals surface area (Å²) >= 11 is 0. The topological polar surface area (TPSA) is 113 Å². The molecule has 2 aromatic carbocycles. The van der Waals surface area contributed by atoms with Crippen LogP contribution in [0.3, 0.4) is 0 Å². The number of nitrogens with zero attached hydrogens (tertiary/aromatic N) is 3. The summed E-state index contributed by atoms with van der Waals surface area (Å²) in [6.45, 7) is 3.86. The molecule has 146 valence electrons. The predicted molar refractivity (Wildman–Crippen MR) is 112 cm³/mol. The number of para-hydroxylation sites is 2. The van der Waals surface area contributed by atoms with E-state index < -0.39 is 10.0 Å². The zero-order valence-corrected chi connectivity index (χ0v) is 16.7. The number of pyridine rings is 1. The van der Waals surface area contributed by atoms with Crippen molar-refractivity contribution in [3.05, 3.63) is 71.3 Å². The molecule has 2 aromatic heterocycles. The van der Waals surface area contributed by atoms with Gasteiger partial charge in [-0.3, -0.25) is 4.40 Å². The van der Waals surface area contributed by atoms with Crippen molar-refractivity contribution in [3.8, 4) is 6.07 Å². The van der Waals surface area contributed by atoms with Crippen LogP contribution in [0.15, 0.2) is 59.5 Å². The molecule has 0 bridgehead atoms. The van der Waals surface area contributed by atoms with Crippen LogP contribution in [0, 0.1) is 18.3 Å². The minimum atomic E-state index is -3.73. The monoisotopic (exact) mass is 405 g/mol. The van der Waals surface area contributed by atoms with Gasteiger partial charge in [-0.25, -0.2) is 18.5 Å². The van der Waals surface area contributed by atoms with Gasteiger partial charge in [0.25, 0.3) is 0 Å². The maximum absolute atomic E-state index is 11.5. The highest BCUT2D eigenvalue weighted by atomic mass is 32.2. The third kappa shape index (κ3) is 3.31. The zero-order chi connectivity index (χ0) is 20.8. The van der Waals surface area contributed by atoms with Crippen LogP contribution in [0.5, 0.6) is 0 Å². The van der Waals surface area contributed by atoms with Crippen LogP contribution in [0.25, 0.3) is 16.7 Å². The van der Waals surface area contributed by atoms with Crippen LogP contribution >= 0.6 is 0 Å². The molecule has 4 aromatic rings. The van der Waals surface area contributed by atoms with Gasteiger partial charge < -0.3 is 5.32 Å². The van der Waals surface area contributed by atoms with E-state index in [0.717, 1.165) is 28.0 Å². The average Bonchev–Trinajstić information content (AvgIpc) is 3.07. The van der Waals surface area contributed by atoms with Crippen molar-refractivity contribution in [1.82, 2.24) is 9.38 Å². The highest BCUT2D eigenvalue weighted by Crippen LogP contribution is 2.29. The van der Waals surface area contributed by atoms with E-state index in [0.29, 0.717) is 11.2 Å². The lowest BCUT2D eigenvalue weighted by molar-refractivity contribution is 0.597. The molecule has 0 aliphatic carbocycles.